The van der Waals surface area contributed by atoms with Gasteiger partial charge in [0.1, 0.15) is 5.75 Å². The Morgan fingerprint density at radius 2 is 1.93 bits per heavy atom. The van der Waals surface area contributed by atoms with E-state index >= 15 is 0 Å². The smallest absolute Gasteiger partial charge is 0.123 e. The van der Waals surface area contributed by atoms with E-state index in [0.717, 1.165) is 11.3 Å². The van der Waals surface area contributed by atoms with Gasteiger partial charge >= 0.3 is 0 Å². The summed E-state index contributed by atoms with van der Waals surface area (Å²) >= 11 is 6.30. The molecule has 1 aromatic carbocycles. The Bertz CT molecular complexity index is 283. The maximum absolute atomic E-state index is 6.30. The van der Waals surface area contributed by atoms with Gasteiger partial charge in [0.25, 0.3) is 0 Å². The van der Waals surface area contributed by atoms with Crippen LogP contribution in [0.2, 0.25) is 0 Å². The highest BCUT2D eigenvalue weighted by atomic mass is 35.5. The van der Waals surface area contributed by atoms with Crippen LogP contribution in [0.15, 0.2) is 24.3 Å². The fourth-order valence-electron chi connectivity index (χ4n) is 1.35. The molecule has 0 aliphatic carbocycles. The van der Waals surface area contributed by atoms with Crippen molar-refractivity contribution < 1.29 is 4.74 Å². The molecule has 0 N–H and O–H groups in total. The molecule has 2 heteroatoms. The van der Waals surface area contributed by atoms with E-state index in [1.54, 1.807) is 0 Å². The van der Waals surface area contributed by atoms with E-state index in [9.17, 15) is 0 Å². The highest BCUT2D eigenvalue weighted by Gasteiger charge is 2.16. The molecule has 0 spiro atoms. The van der Waals surface area contributed by atoms with E-state index in [1.165, 1.54) is 0 Å². The lowest BCUT2D eigenvalue weighted by Crippen LogP contribution is -2.03. The van der Waals surface area contributed by atoms with Crippen molar-refractivity contribution in [2.75, 3.05) is 6.61 Å². The van der Waals surface area contributed by atoms with Crippen LogP contribution < -0.4 is 4.74 Å². The summed E-state index contributed by atoms with van der Waals surface area (Å²) in [6, 6.07) is 7.97. The summed E-state index contributed by atoms with van der Waals surface area (Å²) < 4.78 is 5.52. The molecule has 1 rings (SSSR count). The number of hydrogen-bond donors (Lipinski definition) is 0. The number of para-hydroxylation sites is 1. The second kappa shape index (κ2) is 5.26. The molecular formula is C12H17ClO. The topological polar surface area (TPSA) is 9.23 Å². The van der Waals surface area contributed by atoms with Crippen LogP contribution in [-0.2, 0) is 0 Å². The SMILES string of the molecule is CCOc1ccccc1C(Cl)C(C)C. The van der Waals surface area contributed by atoms with Gasteiger partial charge in [-0.05, 0) is 18.9 Å². The first kappa shape index (κ1) is 11.4. The van der Waals surface area contributed by atoms with Crippen molar-refractivity contribution >= 4 is 11.6 Å². The summed E-state index contributed by atoms with van der Waals surface area (Å²) in [5.74, 6) is 1.32. The van der Waals surface area contributed by atoms with Gasteiger partial charge in [-0.15, -0.1) is 11.6 Å². The Kier molecular flexibility index (Phi) is 4.27. The maximum Gasteiger partial charge on any atom is 0.123 e. The lowest BCUT2D eigenvalue weighted by atomic mass is 10.0. The summed E-state index contributed by atoms with van der Waals surface area (Å²) in [4.78, 5) is 0. The van der Waals surface area contributed by atoms with Gasteiger partial charge in [0.2, 0.25) is 0 Å². The van der Waals surface area contributed by atoms with Gasteiger partial charge < -0.3 is 4.74 Å². The third-order valence-electron chi connectivity index (χ3n) is 2.10. The molecule has 0 heterocycles. The van der Waals surface area contributed by atoms with E-state index in [4.69, 9.17) is 16.3 Å². The van der Waals surface area contributed by atoms with Gasteiger partial charge in [0.15, 0.2) is 0 Å². The molecule has 0 aromatic heterocycles. The largest absolute Gasteiger partial charge is 0.494 e. The molecule has 1 aromatic rings. The third-order valence-corrected chi connectivity index (χ3v) is 2.84. The monoisotopic (exact) mass is 212 g/mol. The van der Waals surface area contributed by atoms with Crippen LogP contribution in [0.1, 0.15) is 31.7 Å². The van der Waals surface area contributed by atoms with Gasteiger partial charge in [-0.25, -0.2) is 0 Å². The highest BCUT2D eigenvalue weighted by Crippen LogP contribution is 2.34. The Morgan fingerprint density at radius 1 is 1.29 bits per heavy atom. The number of rotatable bonds is 4. The van der Waals surface area contributed by atoms with Crippen LogP contribution in [0.3, 0.4) is 0 Å². The predicted molar refractivity (Wildman–Crippen MR) is 61.0 cm³/mol. The fraction of sp³-hybridized carbons (Fsp3) is 0.500. The first-order valence-corrected chi connectivity index (χ1v) is 5.46. The number of hydrogen-bond acceptors (Lipinski definition) is 1. The Balaban J connectivity index is 2.94. The summed E-state index contributed by atoms with van der Waals surface area (Å²) in [7, 11) is 0. The Morgan fingerprint density at radius 3 is 2.50 bits per heavy atom. The zero-order valence-electron chi connectivity index (χ0n) is 8.96. The van der Waals surface area contributed by atoms with Gasteiger partial charge in [-0.3, -0.25) is 0 Å². The molecule has 0 bridgehead atoms. The van der Waals surface area contributed by atoms with Crippen molar-refractivity contribution in [2.24, 2.45) is 5.92 Å². The average Bonchev–Trinajstić information content (AvgIpc) is 2.18. The van der Waals surface area contributed by atoms with Crippen LogP contribution in [-0.4, -0.2) is 6.61 Å². The molecule has 14 heavy (non-hydrogen) atoms. The third kappa shape index (κ3) is 2.65. The van der Waals surface area contributed by atoms with Crippen molar-refractivity contribution in [1.82, 2.24) is 0 Å². The molecule has 0 aliphatic rings. The zero-order valence-corrected chi connectivity index (χ0v) is 9.71. The minimum absolute atomic E-state index is 0.0257. The standard InChI is InChI=1S/C12H17ClO/c1-4-14-11-8-6-5-7-10(11)12(13)9(2)3/h5-9,12H,4H2,1-3H3. The van der Waals surface area contributed by atoms with Crippen LogP contribution >= 0.6 is 11.6 Å². The Labute approximate surface area is 91.0 Å². The van der Waals surface area contributed by atoms with E-state index < -0.39 is 0 Å². The van der Waals surface area contributed by atoms with Gasteiger partial charge in [-0.1, -0.05) is 32.0 Å². The summed E-state index contributed by atoms with van der Waals surface area (Å²) in [5.41, 5.74) is 1.09. The number of benzene rings is 1. The van der Waals surface area contributed by atoms with Crippen molar-refractivity contribution in [3.8, 4) is 5.75 Å². The molecule has 0 saturated heterocycles. The molecule has 78 valence electrons. The van der Waals surface area contributed by atoms with Crippen molar-refractivity contribution in [2.45, 2.75) is 26.1 Å². The van der Waals surface area contributed by atoms with Crippen molar-refractivity contribution in [3.63, 3.8) is 0 Å². The Hall–Kier alpha value is -0.690. The zero-order chi connectivity index (χ0) is 10.6. The predicted octanol–water partition coefficient (Wildman–Crippen LogP) is 4.02. The second-order valence-corrected chi connectivity index (χ2v) is 4.09. The lowest BCUT2D eigenvalue weighted by Gasteiger charge is -2.17. The number of halogens is 1. The molecule has 0 amide bonds. The van der Waals surface area contributed by atoms with Gasteiger partial charge in [0, 0.05) is 5.56 Å². The van der Waals surface area contributed by atoms with Crippen LogP contribution in [0, 0.1) is 5.92 Å². The van der Waals surface area contributed by atoms with E-state index in [0.29, 0.717) is 12.5 Å². The van der Waals surface area contributed by atoms with Crippen molar-refractivity contribution in [3.05, 3.63) is 29.8 Å². The molecule has 1 nitrogen and oxygen atoms in total. The average molecular weight is 213 g/mol. The normalized spacial score (nSPS) is 12.9. The minimum atomic E-state index is 0.0257. The van der Waals surface area contributed by atoms with E-state index in [2.05, 4.69) is 13.8 Å². The lowest BCUT2D eigenvalue weighted by molar-refractivity contribution is 0.334. The molecule has 0 aliphatic heterocycles. The quantitative estimate of drug-likeness (QED) is 0.685. The fourth-order valence-corrected chi connectivity index (χ4v) is 1.53. The van der Waals surface area contributed by atoms with Crippen LogP contribution in [0.25, 0.3) is 0 Å². The van der Waals surface area contributed by atoms with Crippen LogP contribution in [0.4, 0.5) is 0 Å². The molecule has 0 fully saturated rings. The van der Waals surface area contributed by atoms with Crippen LogP contribution in [0.5, 0.6) is 5.75 Å². The first-order chi connectivity index (χ1) is 6.66. The summed E-state index contributed by atoms with van der Waals surface area (Å²) in [6.45, 7) is 6.88. The first-order valence-electron chi connectivity index (χ1n) is 5.02. The van der Waals surface area contributed by atoms with Gasteiger partial charge in [-0.2, -0.15) is 0 Å². The van der Waals surface area contributed by atoms with E-state index in [1.807, 2.05) is 31.2 Å². The molecular weight excluding hydrogens is 196 g/mol. The molecule has 1 atom stereocenters. The van der Waals surface area contributed by atoms with Crippen molar-refractivity contribution in [1.29, 1.82) is 0 Å². The second-order valence-electron chi connectivity index (χ2n) is 3.62. The summed E-state index contributed by atoms with van der Waals surface area (Å²) in [6.07, 6.45) is 0. The van der Waals surface area contributed by atoms with E-state index in [-0.39, 0.29) is 5.38 Å². The van der Waals surface area contributed by atoms with Gasteiger partial charge in [0.05, 0.1) is 12.0 Å². The molecule has 0 saturated carbocycles. The summed E-state index contributed by atoms with van der Waals surface area (Å²) in [5, 5.41) is 0.0257. The maximum atomic E-state index is 6.30. The number of alkyl halides is 1. The number of ether oxygens (including phenoxy) is 1. The molecule has 0 radical (unpaired) electrons. The molecule has 1 unspecified atom stereocenters. The highest BCUT2D eigenvalue weighted by molar-refractivity contribution is 6.21. The minimum Gasteiger partial charge on any atom is -0.494 e.